The highest BCUT2D eigenvalue weighted by Gasteiger charge is 2.12. The molecule has 1 N–H and O–H groups in total. The predicted octanol–water partition coefficient (Wildman–Crippen LogP) is 1.18. The molecule has 1 aromatic carbocycles. The first-order valence-electron chi connectivity index (χ1n) is 3.86. The smallest absolute Gasteiger partial charge is 0.296 e. The lowest BCUT2D eigenvalue weighted by Gasteiger charge is -2.03. The van der Waals surface area contributed by atoms with Gasteiger partial charge in [-0.25, -0.2) is 8.78 Å². The number of benzene rings is 1. The van der Waals surface area contributed by atoms with Gasteiger partial charge in [0.25, 0.3) is 12.5 Å². The van der Waals surface area contributed by atoms with Crippen molar-refractivity contribution in [2.75, 3.05) is 11.9 Å². The van der Waals surface area contributed by atoms with Crippen molar-refractivity contribution in [1.82, 2.24) is 0 Å². The van der Waals surface area contributed by atoms with Crippen molar-refractivity contribution in [3.05, 3.63) is 39.9 Å². The van der Waals surface area contributed by atoms with Gasteiger partial charge in [-0.15, -0.1) is 0 Å². The van der Waals surface area contributed by atoms with Gasteiger partial charge in [0, 0.05) is 11.0 Å². The number of rotatable bonds is 3. The maximum absolute atomic E-state index is 12.9. The molecule has 7 heteroatoms. The molecule has 0 spiro atoms. The third kappa shape index (κ3) is 3.29. The van der Waals surface area contributed by atoms with Crippen LogP contribution in [0.2, 0.25) is 0 Å². The van der Waals surface area contributed by atoms with Gasteiger partial charge in [-0.2, -0.15) is 0 Å². The molecule has 0 aliphatic carbocycles. The van der Waals surface area contributed by atoms with Crippen molar-refractivity contribution < 1.29 is 18.5 Å². The molecule has 0 saturated carbocycles. The van der Waals surface area contributed by atoms with E-state index in [0.717, 1.165) is 12.1 Å². The number of nitrogens with one attached hydrogen (secondary N) is 1. The lowest BCUT2D eigenvalue weighted by Crippen LogP contribution is -2.22. The number of halogens is 2. The Hall–Kier alpha value is -2.05. The van der Waals surface area contributed by atoms with Crippen LogP contribution in [0.5, 0.6) is 0 Å². The molecule has 0 aliphatic heterocycles. The molecule has 5 nitrogen and oxygen atoms in total. The van der Waals surface area contributed by atoms with Crippen LogP contribution in [0.25, 0.3) is 0 Å². The topological polar surface area (TPSA) is 72.2 Å². The summed E-state index contributed by atoms with van der Waals surface area (Å²) in [5.74, 6) is -2.74. The molecular formula is C8H6F2N2O3. The van der Waals surface area contributed by atoms with E-state index in [-0.39, 0.29) is 5.69 Å². The van der Waals surface area contributed by atoms with Gasteiger partial charge >= 0.3 is 0 Å². The fourth-order valence-corrected chi connectivity index (χ4v) is 0.898. The number of nitro groups is 1. The van der Waals surface area contributed by atoms with E-state index >= 15 is 0 Å². The molecular weight excluding hydrogens is 210 g/mol. The molecule has 1 aromatic rings. The van der Waals surface area contributed by atoms with Crippen LogP contribution >= 0.6 is 0 Å². The first-order valence-corrected chi connectivity index (χ1v) is 3.86. The fourth-order valence-electron chi connectivity index (χ4n) is 0.898. The molecule has 0 atom stereocenters. The highest BCUT2D eigenvalue weighted by molar-refractivity contribution is 5.91. The third-order valence-corrected chi connectivity index (χ3v) is 1.48. The number of carbonyl (C=O) groups is 1. The minimum absolute atomic E-state index is 0.289. The molecule has 0 aromatic heterocycles. The molecule has 0 heterocycles. The monoisotopic (exact) mass is 216 g/mol. The summed E-state index contributed by atoms with van der Waals surface area (Å²) in [5, 5.41) is 11.9. The van der Waals surface area contributed by atoms with Crippen LogP contribution in [0.4, 0.5) is 14.5 Å². The maximum Gasteiger partial charge on any atom is 0.296 e. The summed E-state index contributed by atoms with van der Waals surface area (Å²) >= 11 is 0. The molecule has 0 fully saturated rings. The first kappa shape index (κ1) is 11.0. The van der Waals surface area contributed by atoms with Crippen molar-refractivity contribution in [3.63, 3.8) is 0 Å². The Morgan fingerprint density at radius 1 is 1.47 bits per heavy atom. The number of anilines is 1. The van der Waals surface area contributed by atoms with Crippen LogP contribution in [0.15, 0.2) is 18.2 Å². The van der Waals surface area contributed by atoms with Gasteiger partial charge in [-0.1, -0.05) is 0 Å². The Kier molecular flexibility index (Phi) is 3.27. The van der Waals surface area contributed by atoms with Gasteiger partial charge in [-0.05, 0) is 12.1 Å². The lowest BCUT2D eigenvalue weighted by molar-refractivity contribution is -0.467. The second kappa shape index (κ2) is 4.45. The van der Waals surface area contributed by atoms with E-state index in [1.54, 1.807) is 0 Å². The van der Waals surface area contributed by atoms with Gasteiger partial charge < -0.3 is 5.32 Å². The zero-order valence-corrected chi connectivity index (χ0v) is 7.37. The van der Waals surface area contributed by atoms with Crippen molar-refractivity contribution >= 4 is 11.6 Å². The molecule has 0 saturated heterocycles. The van der Waals surface area contributed by atoms with Gasteiger partial charge in [-0.3, -0.25) is 14.9 Å². The second-order valence-corrected chi connectivity index (χ2v) is 2.66. The van der Waals surface area contributed by atoms with Gasteiger partial charge in [0.2, 0.25) is 0 Å². The summed E-state index contributed by atoms with van der Waals surface area (Å²) in [6, 6.07) is 2.50. The van der Waals surface area contributed by atoms with Gasteiger partial charge in [0.1, 0.15) is 11.6 Å². The number of hydrogen-bond acceptors (Lipinski definition) is 3. The van der Waals surface area contributed by atoms with Crippen LogP contribution in [0, 0.1) is 21.7 Å². The summed E-state index contributed by atoms with van der Waals surface area (Å²) in [6.45, 7) is -0.961. The lowest BCUT2D eigenvalue weighted by atomic mass is 10.3. The van der Waals surface area contributed by atoms with Crippen molar-refractivity contribution in [1.29, 1.82) is 0 Å². The summed E-state index contributed by atoms with van der Waals surface area (Å²) in [4.78, 5) is 19.9. The number of carbonyl (C=O) groups excluding carboxylic acids is 1. The number of amides is 1. The summed E-state index contributed by atoms with van der Waals surface area (Å²) < 4.78 is 25.4. The van der Waals surface area contributed by atoms with E-state index in [1.165, 1.54) is 0 Å². The van der Waals surface area contributed by atoms with Crippen molar-refractivity contribution in [2.45, 2.75) is 0 Å². The highest BCUT2D eigenvalue weighted by atomic mass is 19.1. The third-order valence-electron chi connectivity index (χ3n) is 1.48. The Morgan fingerprint density at radius 2 is 2.13 bits per heavy atom. The summed E-state index contributed by atoms with van der Waals surface area (Å²) in [5.41, 5.74) is -0.289. The quantitative estimate of drug-likeness (QED) is 0.609. The largest absolute Gasteiger partial charge is 0.318 e. The molecule has 0 radical (unpaired) electrons. The van der Waals surface area contributed by atoms with E-state index < -0.39 is 29.0 Å². The molecule has 0 unspecified atom stereocenters. The predicted molar refractivity (Wildman–Crippen MR) is 46.8 cm³/mol. The van der Waals surface area contributed by atoms with Crippen LogP contribution in [0.3, 0.4) is 0 Å². The Balaban J connectivity index is 2.72. The van der Waals surface area contributed by atoms with Crippen LogP contribution < -0.4 is 5.32 Å². The van der Waals surface area contributed by atoms with Crippen LogP contribution in [-0.4, -0.2) is 17.4 Å². The minimum Gasteiger partial charge on any atom is -0.318 e. The van der Waals surface area contributed by atoms with Gasteiger partial charge in [0.15, 0.2) is 0 Å². The number of nitrogens with zero attached hydrogens (tertiary/aromatic N) is 1. The normalized spacial score (nSPS) is 9.73. The average Bonchev–Trinajstić information content (AvgIpc) is 2.08. The Bertz CT molecular complexity index is 409. The zero-order valence-electron chi connectivity index (χ0n) is 7.37. The molecule has 0 bridgehead atoms. The van der Waals surface area contributed by atoms with Crippen molar-refractivity contribution in [2.24, 2.45) is 0 Å². The first-order chi connectivity index (χ1) is 6.99. The highest BCUT2D eigenvalue weighted by Crippen LogP contribution is 2.14. The van der Waals surface area contributed by atoms with E-state index in [2.05, 4.69) is 0 Å². The molecule has 80 valence electrons. The second-order valence-electron chi connectivity index (χ2n) is 2.66. The fraction of sp³-hybridized carbons (Fsp3) is 0.125. The Morgan fingerprint density at radius 3 is 2.67 bits per heavy atom. The van der Waals surface area contributed by atoms with Gasteiger partial charge in [0.05, 0.1) is 5.69 Å². The summed E-state index contributed by atoms with van der Waals surface area (Å²) in [6.07, 6.45) is 0. The van der Waals surface area contributed by atoms with E-state index in [9.17, 15) is 23.7 Å². The molecule has 1 rings (SSSR count). The maximum atomic E-state index is 12.9. The zero-order chi connectivity index (χ0) is 11.4. The minimum atomic E-state index is -0.980. The van der Waals surface area contributed by atoms with Crippen molar-refractivity contribution in [3.8, 4) is 0 Å². The van der Waals surface area contributed by atoms with E-state index in [4.69, 9.17) is 0 Å². The summed E-state index contributed by atoms with van der Waals surface area (Å²) in [7, 11) is 0. The average molecular weight is 216 g/mol. The Labute approximate surface area is 82.9 Å². The molecule has 1 amide bonds. The van der Waals surface area contributed by atoms with E-state index in [1.807, 2.05) is 5.32 Å². The van der Waals surface area contributed by atoms with Crippen LogP contribution in [0.1, 0.15) is 0 Å². The van der Waals surface area contributed by atoms with E-state index in [0.29, 0.717) is 6.07 Å². The SMILES string of the molecule is O=C(C[N+](=O)[O-])Nc1ccc(F)cc1F. The molecule has 15 heavy (non-hydrogen) atoms. The number of hydrogen-bond donors (Lipinski definition) is 1. The standard InChI is InChI=1S/C8H6F2N2O3/c9-5-1-2-7(6(10)3-5)11-8(13)4-12(14)15/h1-3H,4H2,(H,11,13). The molecule has 0 aliphatic rings. The van der Waals surface area contributed by atoms with Crippen LogP contribution in [-0.2, 0) is 4.79 Å².